The normalized spacial score (nSPS) is 24.9. The lowest BCUT2D eigenvalue weighted by Gasteiger charge is -2.49. The van der Waals surface area contributed by atoms with Crippen molar-refractivity contribution in [1.29, 1.82) is 0 Å². The number of hydrogen-bond donors (Lipinski definition) is 1. The molecule has 1 amide bonds. The molecule has 2 aromatic rings. The Morgan fingerprint density at radius 2 is 1.78 bits per heavy atom. The second-order valence-corrected chi connectivity index (χ2v) is 12.0. The van der Waals surface area contributed by atoms with Crippen LogP contribution in [-0.2, 0) is 16.0 Å². The topological polar surface area (TPSA) is 58.6 Å². The molecule has 4 rings (SSSR count). The number of esters is 1. The molecule has 0 radical (unpaired) electrons. The molecule has 1 spiro atoms. The maximum absolute atomic E-state index is 14.4. The summed E-state index contributed by atoms with van der Waals surface area (Å²) in [4.78, 5) is 28.6. The monoisotopic (exact) mass is 504 g/mol. The molecule has 1 saturated heterocycles. The van der Waals surface area contributed by atoms with E-state index in [2.05, 4.69) is 69.1 Å². The molecule has 1 aliphatic heterocycles. The van der Waals surface area contributed by atoms with Crippen LogP contribution in [0.15, 0.2) is 48.5 Å². The molecule has 5 nitrogen and oxygen atoms in total. The molecule has 2 fully saturated rings. The average molecular weight is 505 g/mol. The fourth-order valence-corrected chi connectivity index (χ4v) is 6.44. The summed E-state index contributed by atoms with van der Waals surface area (Å²) in [6.07, 6.45) is 6.88. The Bertz CT molecular complexity index is 1090. The maximum atomic E-state index is 14.4. The predicted octanol–water partition coefficient (Wildman–Crippen LogP) is 6.98. The van der Waals surface area contributed by atoms with E-state index >= 15 is 0 Å². The van der Waals surface area contributed by atoms with Crippen LogP contribution in [0.2, 0.25) is 0 Å². The van der Waals surface area contributed by atoms with Crippen molar-refractivity contribution in [1.82, 2.24) is 10.2 Å². The quantitative estimate of drug-likeness (QED) is 0.413. The van der Waals surface area contributed by atoms with E-state index in [4.69, 9.17) is 4.74 Å². The number of carbonyl (C=O) groups is 2. The number of nitrogens with zero attached hydrogens (tertiary/aromatic N) is 1. The van der Waals surface area contributed by atoms with Gasteiger partial charge in [0, 0.05) is 0 Å². The van der Waals surface area contributed by atoms with E-state index in [1.54, 1.807) is 0 Å². The summed E-state index contributed by atoms with van der Waals surface area (Å²) in [5.74, 6) is 0.464. The zero-order chi connectivity index (χ0) is 26.8. The molecule has 200 valence electrons. The summed E-state index contributed by atoms with van der Waals surface area (Å²) in [6.45, 7) is 11.3. The van der Waals surface area contributed by atoms with Gasteiger partial charge in [-0.25, -0.2) is 4.79 Å². The molecule has 5 heteroatoms. The first kappa shape index (κ1) is 27.4. The van der Waals surface area contributed by atoms with Crippen molar-refractivity contribution in [3.8, 4) is 0 Å². The van der Waals surface area contributed by atoms with Gasteiger partial charge in [-0.1, -0.05) is 77.4 Å². The lowest BCUT2D eigenvalue weighted by atomic mass is 9.69. The fourth-order valence-electron chi connectivity index (χ4n) is 6.44. The third-order valence-corrected chi connectivity index (χ3v) is 8.68. The van der Waals surface area contributed by atoms with Crippen molar-refractivity contribution in [2.24, 2.45) is 11.3 Å². The Morgan fingerprint density at radius 1 is 1.11 bits per heavy atom. The summed E-state index contributed by atoms with van der Waals surface area (Å²) in [5, 5.41) is 3.90. The number of amides is 1. The highest BCUT2D eigenvalue weighted by molar-refractivity contribution is 5.89. The van der Waals surface area contributed by atoms with Gasteiger partial charge in [-0.05, 0) is 78.7 Å². The van der Waals surface area contributed by atoms with Crippen molar-refractivity contribution >= 4 is 11.9 Å². The zero-order valence-corrected chi connectivity index (χ0v) is 23.5. The van der Waals surface area contributed by atoms with Gasteiger partial charge in [-0.15, -0.1) is 0 Å². The highest BCUT2D eigenvalue weighted by Gasteiger charge is 2.55. The minimum atomic E-state index is -0.368. The molecule has 1 saturated carbocycles. The van der Waals surface area contributed by atoms with Crippen LogP contribution in [0, 0.1) is 11.3 Å². The van der Waals surface area contributed by atoms with Gasteiger partial charge < -0.3 is 9.64 Å². The average Bonchev–Trinajstić information content (AvgIpc) is 3.17. The number of hydrogen-bond acceptors (Lipinski definition) is 4. The molecule has 2 aliphatic rings. The molecule has 2 aromatic carbocycles. The number of carbonyl (C=O) groups excluding carboxylic acids is 2. The summed E-state index contributed by atoms with van der Waals surface area (Å²) in [7, 11) is 1.40. The SMILES string of the molecule is CCCC(c1ccc(C(=O)OC)cc1)N1C(=O)C(c2cccc(CC)c2)NC12CCC(C(C)(C)C)CC2. The molecular formula is C32H44N2O3. The van der Waals surface area contributed by atoms with Gasteiger partial charge in [-0.3, -0.25) is 10.1 Å². The first-order chi connectivity index (χ1) is 17.6. The molecule has 1 N–H and O–H groups in total. The van der Waals surface area contributed by atoms with Crippen LogP contribution in [0.25, 0.3) is 0 Å². The van der Waals surface area contributed by atoms with Crippen LogP contribution in [0.4, 0.5) is 0 Å². The Morgan fingerprint density at radius 3 is 2.35 bits per heavy atom. The Hall–Kier alpha value is -2.66. The van der Waals surface area contributed by atoms with Crippen molar-refractivity contribution in [3.63, 3.8) is 0 Å². The van der Waals surface area contributed by atoms with Crippen molar-refractivity contribution in [2.75, 3.05) is 7.11 Å². The van der Waals surface area contributed by atoms with Gasteiger partial charge in [0.25, 0.3) is 0 Å². The molecule has 37 heavy (non-hydrogen) atoms. The molecule has 0 aromatic heterocycles. The van der Waals surface area contributed by atoms with Gasteiger partial charge in [0.1, 0.15) is 6.04 Å². The summed E-state index contributed by atoms with van der Waals surface area (Å²) in [6, 6.07) is 15.7. The molecule has 0 bridgehead atoms. The van der Waals surface area contributed by atoms with Crippen molar-refractivity contribution in [3.05, 3.63) is 70.8 Å². The second kappa shape index (κ2) is 11.0. The molecule has 1 aliphatic carbocycles. The summed E-state index contributed by atoms with van der Waals surface area (Å²) >= 11 is 0. The fraction of sp³-hybridized carbons (Fsp3) is 0.562. The van der Waals surface area contributed by atoms with Gasteiger partial charge >= 0.3 is 5.97 Å². The summed E-state index contributed by atoms with van der Waals surface area (Å²) in [5.41, 5.74) is 3.80. The smallest absolute Gasteiger partial charge is 0.337 e. The van der Waals surface area contributed by atoms with E-state index in [0.717, 1.165) is 56.1 Å². The molecule has 2 atom stereocenters. The number of benzene rings is 2. The second-order valence-electron chi connectivity index (χ2n) is 12.0. The van der Waals surface area contributed by atoms with E-state index in [0.29, 0.717) is 11.5 Å². The van der Waals surface area contributed by atoms with E-state index in [1.807, 2.05) is 24.3 Å². The molecular weight excluding hydrogens is 460 g/mol. The van der Waals surface area contributed by atoms with E-state index in [1.165, 1.54) is 12.7 Å². The van der Waals surface area contributed by atoms with Crippen LogP contribution >= 0.6 is 0 Å². The Balaban J connectivity index is 1.74. The number of aryl methyl sites for hydroxylation is 1. The van der Waals surface area contributed by atoms with Crippen LogP contribution in [-0.4, -0.2) is 29.5 Å². The van der Waals surface area contributed by atoms with E-state index < -0.39 is 0 Å². The van der Waals surface area contributed by atoms with Crippen LogP contribution in [0.3, 0.4) is 0 Å². The number of methoxy groups -OCH3 is 1. The van der Waals surface area contributed by atoms with Crippen LogP contribution in [0.5, 0.6) is 0 Å². The minimum absolute atomic E-state index is 0.0535. The zero-order valence-electron chi connectivity index (χ0n) is 23.5. The van der Waals surface area contributed by atoms with Gasteiger partial charge in [0.05, 0.1) is 24.4 Å². The van der Waals surface area contributed by atoms with Crippen molar-refractivity contribution < 1.29 is 14.3 Å². The Kier molecular flexibility index (Phi) is 8.13. The van der Waals surface area contributed by atoms with E-state index in [-0.39, 0.29) is 35.0 Å². The third kappa shape index (κ3) is 5.47. The van der Waals surface area contributed by atoms with Crippen LogP contribution < -0.4 is 5.32 Å². The number of ether oxygens (including phenoxy) is 1. The number of rotatable bonds is 7. The van der Waals surface area contributed by atoms with Gasteiger partial charge in [0.15, 0.2) is 0 Å². The van der Waals surface area contributed by atoms with Gasteiger partial charge in [-0.2, -0.15) is 0 Å². The Labute approximate surface area is 223 Å². The van der Waals surface area contributed by atoms with Crippen molar-refractivity contribution in [2.45, 2.75) is 97.3 Å². The van der Waals surface area contributed by atoms with Gasteiger partial charge in [0.2, 0.25) is 5.91 Å². The lowest BCUT2D eigenvalue weighted by molar-refractivity contribution is -0.137. The number of nitrogens with one attached hydrogen (secondary N) is 1. The maximum Gasteiger partial charge on any atom is 0.337 e. The highest BCUT2D eigenvalue weighted by atomic mass is 16.5. The largest absolute Gasteiger partial charge is 0.465 e. The molecule has 2 unspecified atom stereocenters. The predicted molar refractivity (Wildman–Crippen MR) is 148 cm³/mol. The molecule has 1 heterocycles. The van der Waals surface area contributed by atoms with Crippen LogP contribution in [0.1, 0.15) is 112 Å². The first-order valence-electron chi connectivity index (χ1n) is 14.0. The third-order valence-electron chi connectivity index (χ3n) is 8.68. The highest BCUT2D eigenvalue weighted by Crippen LogP contribution is 2.50. The first-order valence-corrected chi connectivity index (χ1v) is 14.0. The van der Waals surface area contributed by atoms with E-state index in [9.17, 15) is 9.59 Å². The minimum Gasteiger partial charge on any atom is -0.465 e. The summed E-state index contributed by atoms with van der Waals surface area (Å²) < 4.78 is 4.90. The standard InChI is InChI=1S/C32H44N2O3/c1-7-10-27(23-13-15-24(16-14-23)30(36)37-6)34-29(35)28(25-12-9-11-22(8-2)21-25)33-32(34)19-17-26(18-20-32)31(3,4)5/h9,11-16,21,26-28,33H,7-8,10,17-20H2,1-6H3. The lowest BCUT2D eigenvalue weighted by Crippen LogP contribution is -2.56.